The zero-order chi connectivity index (χ0) is 14.8. The van der Waals surface area contributed by atoms with Crippen LogP contribution in [0.3, 0.4) is 0 Å². The van der Waals surface area contributed by atoms with Crippen LogP contribution in [0.5, 0.6) is 0 Å². The van der Waals surface area contributed by atoms with Crippen LogP contribution in [0.25, 0.3) is 0 Å². The molecule has 1 aliphatic carbocycles. The van der Waals surface area contributed by atoms with Crippen molar-refractivity contribution in [3.8, 4) is 6.07 Å². The summed E-state index contributed by atoms with van der Waals surface area (Å²) in [6, 6.07) is 6.53. The standard InChI is InChI=1S/C13H14BrClN2O2S/c14-11-8-10(4-5-12(11)15)20(18,19)17-13(9-16)6-2-1-3-7-13/h4-5,8,17H,1-3,6-7H2. The molecular weight excluding hydrogens is 364 g/mol. The Morgan fingerprint density at radius 2 is 1.95 bits per heavy atom. The van der Waals surface area contributed by atoms with Gasteiger partial charge in [-0.3, -0.25) is 0 Å². The number of nitriles is 1. The Labute approximate surface area is 132 Å². The minimum Gasteiger partial charge on any atom is -0.207 e. The summed E-state index contributed by atoms with van der Waals surface area (Å²) in [5, 5.41) is 9.78. The van der Waals surface area contributed by atoms with Crippen LogP contribution in [-0.2, 0) is 10.0 Å². The molecule has 20 heavy (non-hydrogen) atoms. The van der Waals surface area contributed by atoms with Crippen molar-refractivity contribution in [2.75, 3.05) is 0 Å². The molecule has 0 radical (unpaired) electrons. The highest BCUT2D eigenvalue weighted by Crippen LogP contribution is 2.30. The number of hydrogen-bond acceptors (Lipinski definition) is 3. The van der Waals surface area contributed by atoms with Crippen LogP contribution in [0.2, 0.25) is 5.02 Å². The maximum atomic E-state index is 12.4. The highest BCUT2D eigenvalue weighted by atomic mass is 79.9. The van der Waals surface area contributed by atoms with E-state index in [1.807, 2.05) is 0 Å². The molecule has 1 fully saturated rings. The zero-order valence-corrected chi connectivity index (χ0v) is 13.9. The van der Waals surface area contributed by atoms with Crippen molar-refractivity contribution in [1.29, 1.82) is 5.26 Å². The molecule has 1 aromatic carbocycles. The van der Waals surface area contributed by atoms with Gasteiger partial charge in [0.05, 0.1) is 16.0 Å². The van der Waals surface area contributed by atoms with E-state index in [1.165, 1.54) is 18.2 Å². The predicted octanol–water partition coefficient (Wildman–Crippen LogP) is 3.61. The largest absolute Gasteiger partial charge is 0.241 e. The number of nitrogens with zero attached hydrogens (tertiary/aromatic N) is 1. The van der Waals surface area contributed by atoms with Crippen molar-refractivity contribution < 1.29 is 8.42 Å². The number of rotatable bonds is 3. The van der Waals surface area contributed by atoms with Crippen molar-refractivity contribution in [3.63, 3.8) is 0 Å². The summed E-state index contributed by atoms with van der Waals surface area (Å²) in [5.74, 6) is 0. The molecule has 0 bridgehead atoms. The molecule has 0 amide bonds. The molecule has 0 aliphatic heterocycles. The molecule has 2 rings (SSSR count). The second-order valence-corrected chi connectivity index (χ2v) is 7.88. The molecule has 108 valence electrons. The number of sulfonamides is 1. The summed E-state index contributed by atoms with van der Waals surface area (Å²) >= 11 is 9.07. The molecule has 0 spiro atoms. The maximum Gasteiger partial charge on any atom is 0.241 e. The lowest BCUT2D eigenvalue weighted by atomic mass is 9.84. The fourth-order valence-electron chi connectivity index (χ4n) is 2.35. The van der Waals surface area contributed by atoms with E-state index in [0.717, 1.165) is 19.3 Å². The monoisotopic (exact) mass is 376 g/mol. The first-order chi connectivity index (χ1) is 9.38. The molecule has 0 aromatic heterocycles. The van der Waals surface area contributed by atoms with Gasteiger partial charge in [0, 0.05) is 4.47 Å². The molecule has 1 saturated carbocycles. The molecule has 0 unspecified atom stereocenters. The Bertz CT molecular complexity index is 649. The topological polar surface area (TPSA) is 70.0 Å². The summed E-state index contributed by atoms with van der Waals surface area (Å²) in [6.45, 7) is 0. The van der Waals surface area contributed by atoms with Crippen molar-refractivity contribution in [2.24, 2.45) is 0 Å². The van der Waals surface area contributed by atoms with Crippen LogP contribution in [0.1, 0.15) is 32.1 Å². The van der Waals surface area contributed by atoms with Crippen LogP contribution in [0, 0.1) is 11.3 Å². The van der Waals surface area contributed by atoms with Gasteiger partial charge in [0.15, 0.2) is 0 Å². The van der Waals surface area contributed by atoms with Gasteiger partial charge in [-0.05, 0) is 47.0 Å². The second-order valence-electron chi connectivity index (χ2n) is 4.94. The van der Waals surface area contributed by atoms with E-state index >= 15 is 0 Å². The van der Waals surface area contributed by atoms with Gasteiger partial charge < -0.3 is 0 Å². The van der Waals surface area contributed by atoms with Gasteiger partial charge in [-0.2, -0.15) is 9.98 Å². The van der Waals surface area contributed by atoms with Gasteiger partial charge in [0.25, 0.3) is 0 Å². The Kier molecular flexibility index (Phi) is 4.75. The Morgan fingerprint density at radius 1 is 1.30 bits per heavy atom. The lowest BCUT2D eigenvalue weighted by Gasteiger charge is -2.31. The van der Waals surface area contributed by atoms with Gasteiger partial charge >= 0.3 is 0 Å². The summed E-state index contributed by atoms with van der Waals surface area (Å²) in [4.78, 5) is 0.106. The van der Waals surface area contributed by atoms with Gasteiger partial charge in [0.2, 0.25) is 10.0 Å². The number of hydrogen-bond donors (Lipinski definition) is 1. The van der Waals surface area contributed by atoms with Crippen LogP contribution in [0.15, 0.2) is 27.6 Å². The van der Waals surface area contributed by atoms with E-state index in [0.29, 0.717) is 22.3 Å². The Morgan fingerprint density at radius 3 is 2.50 bits per heavy atom. The van der Waals surface area contributed by atoms with Crippen LogP contribution in [0.4, 0.5) is 0 Å². The first kappa shape index (κ1) is 15.8. The van der Waals surface area contributed by atoms with Crippen molar-refractivity contribution >= 4 is 37.6 Å². The van der Waals surface area contributed by atoms with E-state index in [1.54, 1.807) is 0 Å². The van der Waals surface area contributed by atoms with Gasteiger partial charge in [0.1, 0.15) is 5.54 Å². The SMILES string of the molecule is N#CC1(NS(=O)(=O)c2ccc(Cl)c(Br)c2)CCCCC1. The first-order valence-electron chi connectivity index (χ1n) is 6.29. The summed E-state index contributed by atoms with van der Waals surface area (Å²) in [6.07, 6.45) is 3.87. The third kappa shape index (κ3) is 3.34. The Balaban J connectivity index is 2.30. The summed E-state index contributed by atoms with van der Waals surface area (Å²) in [7, 11) is -3.73. The van der Waals surface area contributed by atoms with E-state index in [4.69, 9.17) is 11.6 Å². The normalized spacial score (nSPS) is 18.4. The third-order valence-corrected chi connectivity index (χ3v) is 6.20. The summed E-state index contributed by atoms with van der Waals surface area (Å²) < 4.78 is 27.9. The lowest BCUT2D eigenvalue weighted by Crippen LogP contribution is -2.48. The molecule has 0 atom stereocenters. The van der Waals surface area contributed by atoms with Crippen LogP contribution >= 0.6 is 27.5 Å². The molecular formula is C13H14BrClN2O2S. The molecule has 1 N–H and O–H groups in total. The third-order valence-electron chi connectivity index (χ3n) is 3.45. The minimum absolute atomic E-state index is 0.106. The summed E-state index contributed by atoms with van der Waals surface area (Å²) in [5.41, 5.74) is -0.983. The van der Waals surface area contributed by atoms with E-state index in [2.05, 4.69) is 26.7 Å². The van der Waals surface area contributed by atoms with Crippen LogP contribution in [-0.4, -0.2) is 14.0 Å². The van der Waals surface area contributed by atoms with Crippen molar-refractivity contribution in [2.45, 2.75) is 42.5 Å². The van der Waals surface area contributed by atoms with E-state index in [-0.39, 0.29) is 4.90 Å². The van der Waals surface area contributed by atoms with Gasteiger partial charge in [-0.15, -0.1) is 0 Å². The molecule has 0 heterocycles. The minimum atomic E-state index is -3.73. The quantitative estimate of drug-likeness (QED) is 0.875. The van der Waals surface area contributed by atoms with E-state index < -0.39 is 15.6 Å². The van der Waals surface area contributed by atoms with Crippen molar-refractivity contribution in [1.82, 2.24) is 4.72 Å². The molecule has 7 heteroatoms. The Hall–Kier alpha value is -0.610. The lowest BCUT2D eigenvalue weighted by molar-refractivity contribution is 0.338. The predicted molar refractivity (Wildman–Crippen MR) is 80.9 cm³/mol. The molecule has 1 aromatic rings. The fraction of sp³-hybridized carbons (Fsp3) is 0.462. The first-order valence-corrected chi connectivity index (χ1v) is 8.94. The van der Waals surface area contributed by atoms with Crippen molar-refractivity contribution in [3.05, 3.63) is 27.7 Å². The second kappa shape index (κ2) is 6.02. The van der Waals surface area contributed by atoms with Crippen LogP contribution < -0.4 is 4.72 Å². The average molecular weight is 378 g/mol. The van der Waals surface area contributed by atoms with Gasteiger partial charge in [-0.1, -0.05) is 30.9 Å². The highest BCUT2D eigenvalue weighted by Gasteiger charge is 2.36. The molecule has 4 nitrogen and oxygen atoms in total. The number of halogens is 2. The molecule has 0 saturated heterocycles. The highest BCUT2D eigenvalue weighted by molar-refractivity contribution is 9.10. The van der Waals surface area contributed by atoms with E-state index in [9.17, 15) is 13.7 Å². The number of benzene rings is 1. The van der Waals surface area contributed by atoms with Gasteiger partial charge in [-0.25, -0.2) is 8.42 Å². The average Bonchev–Trinajstić information content (AvgIpc) is 2.42. The maximum absolute atomic E-state index is 12.4. The zero-order valence-electron chi connectivity index (χ0n) is 10.7. The number of nitrogens with one attached hydrogen (secondary N) is 1. The molecule has 1 aliphatic rings. The smallest absolute Gasteiger partial charge is 0.207 e. The fourth-order valence-corrected chi connectivity index (χ4v) is 4.40.